The van der Waals surface area contributed by atoms with Crippen molar-refractivity contribution in [2.45, 2.75) is 12.8 Å². The van der Waals surface area contributed by atoms with E-state index in [1.54, 1.807) is 13.0 Å². The summed E-state index contributed by atoms with van der Waals surface area (Å²) in [6.45, 7) is 1.73. The fraction of sp³-hybridized carbons (Fsp3) is 0.273. The molecule has 0 aliphatic heterocycles. The molecular weight excluding hydrogens is 212 g/mol. The second-order valence-corrected chi connectivity index (χ2v) is 3.34. The summed E-state index contributed by atoms with van der Waals surface area (Å²) in [5, 5.41) is 17.6. The van der Waals surface area contributed by atoms with Crippen LogP contribution in [0.25, 0.3) is 0 Å². The first kappa shape index (κ1) is 12.0. The molecule has 2 N–H and O–H groups in total. The van der Waals surface area contributed by atoms with Crippen molar-refractivity contribution in [2.75, 3.05) is 7.11 Å². The predicted octanol–water partition coefficient (Wildman–Crippen LogP) is 1.26. The number of hydrogen-bond acceptors (Lipinski definition) is 3. The van der Waals surface area contributed by atoms with Crippen LogP contribution in [-0.2, 0) is 9.59 Å². The lowest BCUT2D eigenvalue weighted by atomic mass is 9.97. The van der Waals surface area contributed by atoms with Crippen LogP contribution in [0.4, 0.5) is 0 Å². The van der Waals surface area contributed by atoms with E-state index in [-0.39, 0.29) is 5.56 Å². The van der Waals surface area contributed by atoms with Crippen molar-refractivity contribution >= 4 is 11.9 Å². The second kappa shape index (κ2) is 4.65. The lowest BCUT2D eigenvalue weighted by Crippen LogP contribution is -2.21. The third-order valence-electron chi connectivity index (χ3n) is 2.25. The van der Waals surface area contributed by atoms with E-state index < -0.39 is 17.9 Å². The lowest BCUT2D eigenvalue weighted by Gasteiger charge is -2.10. The van der Waals surface area contributed by atoms with E-state index in [0.717, 1.165) is 0 Å². The molecule has 0 aliphatic carbocycles. The molecule has 0 heterocycles. The van der Waals surface area contributed by atoms with E-state index in [9.17, 15) is 9.59 Å². The fourth-order valence-corrected chi connectivity index (χ4v) is 1.47. The van der Waals surface area contributed by atoms with Crippen LogP contribution in [0.2, 0.25) is 0 Å². The number of carbonyl (C=O) groups is 2. The van der Waals surface area contributed by atoms with Crippen LogP contribution in [0.3, 0.4) is 0 Å². The highest BCUT2D eigenvalue weighted by molar-refractivity contribution is 5.99. The molecule has 0 aliphatic rings. The zero-order valence-electron chi connectivity index (χ0n) is 8.93. The van der Waals surface area contributed by atoms with E-state index in [1.165, 1.54) is 19.2 Å². The summed E-state index contributed by atoms with van der Waals surface area (Å²) in [4.78, 5) is 21.6. The Kier molecular flexibility index (Phi) is 3.50. The van der Waals surface area contributed by atoms with Gasteiger partial charge in [0.2, 0.25) is 0 Å². The van der Waals surface area contributed by atoms with Gasteiger partial charge in [-0.1, -0.05) is 12.1 Å². The average molecular weight is 224 g/mol. The van der Waals surface area contributed by atoms with Crippen LogP contribution in [0.1, 0.15) is 17.0 Å². The Bertz CT molecular complexity index is 410. The number of rotatable bonds is 4. The highest BCUT2D eigenvalue weighted by Gasteiger charge is 2.28. The standard InChI is InChI=1S/C11H12O5/c1-6-5-7(3-4-8(6)16-2)9(10(12)13)11(14)15/h3-5,9H,1-2H3,(H,12,13)(H,14,15). The molecule has 0 amide bonds. The fourth-order valence-electron chi connectivity index (χ4n) is 1.47. The lowest BCUT2D eigenvalue weighted by molar-refractivity contribution is -0.150. The van der Waals surface area contributed by atoms with Crippen LogP contribution < -0.4 is 4.74 Å². The SMILES string of the molecule is COc1ccc(C(C(=O)O)C(=O)O)cc1C. The van der Waals surface area contributed by atoms with Gasteiger partial charge in [-0.05, 0) is 24.1 Å². The molecule has 0 unspecified atom stereocenters. The molecule has 0 fully saturated rings. The van der Waals surface area contributed by atoms with Crippen LogP contribution in [0.15, 0.2) is 18.2 Å². The van der Waals surface area contributed by atoms with E-state index in [2.05, 4.69) is 0 Å². The van der Waals surface area contributed by atoms with Gasteiger partial charge in [0.05, 0.1) is 7.11 Å². The van der Waals surface area contributed by atoms with Gasteiger partial charge >= 0.3 is 11.9 Å². The molecule has 0 spiro atoms. The summed E-state index contributed by atoms with van der Waals surface area (Å²) in [5.74, 6) is -3.70. The maximum atomic E-state index is 10.8. The molecule has 86 valence electrons. The van der Waals surface area contributed by atoms with Gasteiger partial charge in [0.15, 0.2) is 5.92 Å². The summed E-state index contributed by atoms with van der Waals surface area (Å²) < 4.78 is 5.01. The number of hydrogen-bond donors (Lipinski definition) is 2. The van der Waals surface area contributed by atoms with Crippen LogP contribution in [0, 0.1) is 6.92 Å². The maximum Gasteiger partial charge on any atom is 0.322 e. The minimum absolute atomic E-state index is 0.235. The minimum Gasteiger partial charge on any atom is -0.496 e. The Balaban J connectivity index is 3.17. The Morgan fingerprint density at radius 1 is 1.25 bits per heavy atom. The molecule has 5 heteroatoms. The van der Waals surface area contributed by atoms with Gasteiger partial charge in [-0.3, -0.25) is 9.59 Å². The number of aryl methyl sites for hydroxylation is 1. The molecule has 0 atom stereocenters. The molecule has 16 heavy (non-hydrogen) atoms. The molecule has 0 bridgehead atoms. The summed E-state index contributed by atoms with van der Waals surface area (Å²) in [6.07, 6.45) is 0. The third kappa shape index (κ3) is 2.31. The quantitative estimate of drug-likeness (QED) is 0.752. The summed E-state index contributed by atoms with van der Waals surface area (Å²) >= 11 is 0. The summed E-state index contributed by atoms with van der Waals surface area (Å²) in [6, 6.07) is 4.51. The molecule has 1 rings (SSSR count). The molecule has 0 aromatic heterocycles. The maximum absolute atomic E-state index is 10.8. The largest absolute Gasteiger partial charge is 0.496 e. The van der Waals surface area contributed by atoms with Crippen molar-refractivity contribution < 1.29 is 24.5 Å². The van der Waals surface area contributed by atoms with Crippen molar-refractivity contribution in [3.63, 3.8) is 0 Å². The van der Waals surface area contributed by atoms with Crippen molar-refractivity contribution in [1.82, 2.24) is 0 Å². The first-order chi connectivity index (χ1) is 7.47. The van der Waals surface area contributed by atoms with Gasteiger partial charge in [0.25, 0.3) is 0 Å². The molecule has 5 nitrogen and oxygen atoms in total. The number of ether oxygens (including phenoxy) is 1. The smallest absolute Gasteiger partial charge is 0.322 e. The summed E-state index contributed by atoms with van der Waals surface area (Å²) in [5.41, 5.74) is 0.936. The molecule has 0 saturated carbocycles. The van der Waals surface area contributed by atoms with Crippen molar-refractivity contribution in [3.05, 3.63) is 29.3 Å². The van der Waals surface area contributed by atoms with Gasteiger partial charge in [-0.2, -0.15) is 0 Å². The molecule has 0 radical (unpaired) electrons. The normalized spacial score (nSPS) is 10.2. The second-order valence-electron chi connectivity index (χ2n) is 3.34. The Morgan fingerprint density at radius 2 is 1.81 bits per heavy atom. The van der Waals surface area contributed by atoms with E-state index in [0.29, 0.717) is 11.3 Å². The molecule has 1 aromatic rings. The summed E-state index contributed by atoms with van der Waals surface area (Å²) in [7, 11) is 1.49. The van der Waals surface area contributed by atoms with Gasteiger partial charge < -0.3 is 14.9 Å². The van der Waals surface area contributed by atoms with E-state index in [4.69, 9.17) is 14.9 Å². The van der Waals surface area contributed by atoms with Gasteiger partial charge in [0, 0.05) is 0 Å². The number of carboxylic acid groups (broad SMARTS) is 2. The average Bonchev–Trinajstić information content (AvgIpc) is 2.16. The van der Waals surface area contributed by atoms with Crippen molar-refractivity contribution in [2.24, 2.45) is 0 Å². The Labute approximate surface area is 92.3 Å². The molecule has 0 saturated heterocycles. The highest BCUT2D eigenvalue weighted by Crippen LogP contribution is 2.24. The first-order valence-electron chi connectivity index (χ1n) is 4.57. The zero-order chi connectivity index (χ0) is 12.3. The van der Waals surface area contributed by atoms with Crippen LogP contribution in [0.5, 0.6) is 5.75 Å². The highest BCUT2D eigenvalue weighted by atomic mass is 16.5. The topological polar surface area (TPSA) is 83.8 Å². The Hall–Kier alpha value is -2.04. The van der Waals surface area contributed by atoms with Crippen molar-refractivity contribution in [3.8, 4) is 5.75 Å². The van der Waals surface area contributed by atoms with Gasteiger partial charge in [-0.25, -0.2) is 0 Å². The molecule has 1 aromatic carbocycles. The monoisotopic (exact) mass is 224 g/mol. The van der Waals surface area contributed by atoms with Crippen molar-refractivity contribution in [1.29, 1.82) is 0 Å². The minimum atomic E-state index is -1.54. The van der Waals surface area contributed by atoms with Gasteiger partial charge in [0.1, 0.15) is 5.75 Å². The van der Waals surface area contributed by atoms with Crippen LogP contribution in [-0.4, -0.2) is 29.3 Å². The molecular formula is C11H12O5. The number of carboxylic acids is 2. The first-order valence-corrected chi connectivity index (χ1v) is 4.57. The number of benzene rings is 1. The number of methoxy groups -OCH3 is 1. The van der Waals surface area contributed by atoms with Gasteiger partial charge in [-0.15, -0.1) is 0 Å². The number of aliphatic carboxylic acids is 2. The van der Waals surface area contributed by atoms with Crippen LogP contribution >= 0.6 is 0 Å². The predicted molar refractivity (Wildman–Crippen MR) is 55.7 cm³/mol. The Morgan fingerprint density at radius 3 is 2.19 bits per heavy atom. The third-order valence-corrected chi connectivity index (χ3v) is 2.25. The van der Waals surface area contributed by atoms with E-state index >= 15 is 0 Å². The van der Waals surface area contributed by atoms with E-state index in [1.807, 2.05) is 0 Å². The zero-order valence-corrected chi connectivity index (χ0v) is 8.93.